The molecule has 0 radical (unpaired) electrons. The highest BCUT2D eigenvalue weighted by atomic mass is 35.5. The lowest BCUT2D eigenvalue weighted by Gasteiger charge is -2.14. The number of rotatable bonds is 5. The molecule has 2 rings (SSSR count). The molecule has 0 saturated heterocycles. The highest BCUT2D eigenvalue weighted by Gasteiger charge is 2.28. The molecular formula is C15H11ClO3. The lowest BCUT2D eigenvalue weighted by Crippen LogP contribution is -2.33. The normalized spacial score (nSPS) is 11.6. The van der Waals surface area contributed by atoms with E-state index in [0.717, 1.165) is 0 Å². The molecule has 1 atom stereocenters. The van der Waals surface area contributed by atoms with E-state index in [1.807, 2.05) is 6.07 Å². The monoisotopic (exact) mass is 274 g/mol. The molecule has 0 N–H and O–H groups in total. The van der Waals surface area contributed by atoms with Gasteiger partial charge in [-0.1, -0.05) is 48.5 Å². The lowest BCUT2D eigenvalue weighted by molar-refractivity contribution is -0.116. The van der Waals surface area contributed by atoms with Gasteiger partial charge in [0, 0.05) is 5.56 Å². The zero-order valence-corrected chi connectivity index (χ0v) is 10.7. The van der Waals surface area contributed by atoms with Crippen molar-refractivity contribution in [2.75, 3.05) is 0 Å². The fourth-order valence-electron chi connectivity index (χ4n) is 1.59. The van der Waals surface area contributed by atoms with Crippen molar-refractivity contribution >= 4 is 22.6 Å². The summed E-state index contributed by atoms with van der Waals surface area (Å²) in [4.78, 5) is 23.5. The summed E-state index contributed by atoms with van der Waals surface area (Å²) in [6.07, 6.45) is -1.33. The highest BCUT2D eigenvalue weighted by molar-refractivity contribution is 6.66. The summed E-state index contributed by atoms with van der Waals surface area (Å²) >= 11 is 5.45. The number of Topliss-reactive ketones (excluding diaryl/α,β-unsaturated/α-hetero) is 1. The summed E-state index contributed by atoms with van der Waals surface area (Å²) in [5.74, 6) is -0.0322. The van der Waals surface area contributed by atoms with Crippen molar-refractivity contribution in [1.82, 2.24) is 0 Å². The Labute approximate surface area is 115 Å². The Balaban J connectivity index is 2.22. The molecule has 0 fully saturated rings. The molecule has 0 spiro atoms. The van der Waals surface area contributed by atoms with Gasteiger partial charge >= 0.3 is 0 Å². The first-order valence-corrected chi connectivity index (χ1v) is 6.06. The quantitative estimate of drug-likeness (QED) is 0.478. The van der Waals surface area contributed by atoms with Crippen molar-refractivity contribution in [2.45, 2.75) is 6.10 Å². The number of ketones is 1. The minimum absolute atomic E-state index is 0.387. The Morgan fingerprint density at radius 1 is 0.895 bits per heavy atom. The minimum atomic E-state index is -1.33. The van der Waals surface area contributed by atoms with Crippen molar-refractivity contribution in [3.05, 3.63) is 66.2 Å². The zero-order valence-electron chi connectivity index (χ0n) is 9.95. The lowest BCUT2D eigenvalue weighted by atomic mass is 10.1. The number of benzene rings is 2. The van der Waals surface area contributed by atoms with Crippen LogP contribution in [0.5, 0.6) is 5.75 Å². The molecule has 4 heteroatoms. The first kappa shape index (κ1) is 13.3. The molecule has 3 nitrogen and oxygen atoms in total. The number of hydrogen-bond donors (Lipinski definition) is 0. The maximum atomic E-state index is 12.2. The second-order valence-corrected chi connectivity index (χ2v) is 4.22. The Bertz CT molecular complexity index is 566. The van der Waals surface area contributed by atoms with E-state index in [1.54, 1.807) is 54.6 Å². The minimum Gasteiger partial charge on any atom is -0.473 e. The first-order valence-electron chi connectivity index (χ1n) is 5.69. The van der Waals surface area contributed by atoms with Crippen LogP contribution in [0.15, 0.2) is 60.7 Å². The van der Waals surface area contributed by atoms with Gasteiger partial charge in [0.05, 0.1) is 0 Å². The molecule has 1 unspecified atom stereocenters. The smallest absolute Gasteiger partial charge is 0.270 e. The van der Waals surface area contributed by atoms with Crippen molar-refractivity contribution in [1.29, 1.82) is 0 Å². The Hall–Kier alpha value is -2.13. The topological polar surface area (TPSA) is 43.4 Å². The van der Waals surface area contributed by atoms with Crippen molar-refractivity contribution in [3.8, 4) is 5.75 Å². The molecular weight excluding hydrogens is 264 g/mol. The average Bonchev–Trinajstić information content (AvgIpc) is 2.46. The largest absolute Gasteiger partial charge is 0.473 e. The summed E-state index contributed by atoms with van der Waals surface area (Å²) in [5, 5.41) is -0.835. The van der Waals surface area contributed by atoms with Gasteiger partial charge in [-0.2, -0.15) is 0 Å². The van der Waals surface area contributed by atoms with Crippen LogP contribution in [0.3, 0.4) is 0 Å². The van der Waals surface area contributed by atoms with E-state index in [-0.39, 0.29) is 0 Å². The zero-order chi connectivity index (χ0) is 13.7. The van der Waals surface area contributed by atoms with Crippen LogP contribution in [-0.2, 0) is 4.79 Å². The van der Waals surface area contributed by atoms with Crippen molar-refractivity contribution in [2.24, 2.45) is 0 Å². The molecule has 2 aromatic rings. The molecule has 2 aromatic carbocycles. The van der Waals surface area contributed by atoms with E-state index in [2.05, 4.69) is 0 Å². The van der Waals surface area contributed by atoms with Gasteiger partial charge < -0.3 is 4.74 Å². The molecule has 96 valence electrons. The Kier molecular flexibility index (Phi) is 4.31. The summed E-state index contributed by atoms with van der Waals surface area (Å²) in [5.41, 5.74) is 0.387. The predicted molar refractivity (Wildman–Crippen MR) is 72.5 cm³/mol. The molecule has 0 aromatic heterocycles. The number of carbonyl (C=O) groups is 2. The average molecular weight is 275 g/mol. The summed E-state index contributed by atoms with van der Waals surface area (Å²) in [6, 6.07) is 17.1. The number of ether oxygens (including phenoxy) is 1. The van der Waals surface area contributed by atoms with Gasteiger partial charge in [0.15, 0.2) is 0 Å². The van der Waals surface area contributed by atoms with Crippen LogP contribution in [0.4, 0.5) is 0 Å². The molecule has 0 bridgehead atoms. The number of para-hydroxylation sites is 1. The van der Waals surface area contributed by atoms with Crippen molar-refractivity contribution < 1.29 is 14.3 Å². The maximum Gasteiger partial charge on any atom is 0.270 e. The fraction of sp³-hybridized carbons (Fsp3) is 0.0667. The van der Waals surface area contributed by atoms with Gasteiger partial charge in [0.25, 0.3) is 5.24 Å². The van der Waals surface area contributed by atoms with Crippen LogP contribution < -0.4 is 4.74 Å². The van der Waals surface area contributed by atoms with E-state index in [1.165, 1.54) is 0 Å². The molecule has 0 aliphatic carbocycles. The standard InChI is InChI=1S/C15H11ClO3/c16-15(18)14(19-12-9-5-2-6-10-12)13(17)11-7-3-1-4-8-11/h1-10,14H. The van der Waals surface area contributed by atoms with E-state index in [0.29, 0.717) is 11.3 Å². The van der Waals surface area contributed by atoms with Gasteiger partial charge in [-0.05, 0) is 23.7 Å². The van der Waals surface area contributed by atoms with Crippen LogP contribution in [0, 0.1) is 0 Å². The molecule has 0 aliphatic heterocycles. The first-order chi connectivity index (χ1) is 9.18. The van der Waals surface area contributed by atoms with Crippen LogP contribution in [0.25, 0.3) is 0 Å². The molecule has 0 aliphatic rings. The van der Waals surface area contributed by atoms with E-state index >= 15 is 0 Å². The van der Waals surface area contributed by atoms with Gasteiger partial charge in [-0.25, -0.2) is 0 Å². The number of halogens is 1. The third kappa shape index (κ3) is 3.42. The van der Waals surface area contributed by atoms with Gasteiger partial charge in [0.2, 0.25) is 11.9 Å². The summed E-state index contributed by atoms with van der Waals surface area (Å²) in [6.45, 7) is 0. The Morgan fingerprint density at radius 2 is 1.42 bits per heavy atom. The molecule has 0 amide bonds. The van der Waals surface area contributed by atoms with Gasteiger partial charge in [-0.3, -0.25) is 9.59 Å². The van der Waals surface area contributed by atoms with Crippen LogP contribution >= 0.6 is 11.6 Å². The highest BCUT2D eigenvalue weighted by Crippen LogP contribution is 2.15. The fourth-order valence-corrected chi connectivity index (χ4v) is 1.74. The Morgan fingerprint density at radius 3 is 1.95 bits per heavy atom. The number of hydrogen-bond acceptors (Lipinski definition) is 3. The number of carbonyl (C=O) groups excluding carboxylic acids is 2. The second-order valence-electron chi connectivity index (χ2n) is 3.85. The molecule has 0 saturated carbocycles. The van der Waals surface area contributed by atoms with Gasteiger partial charge in [-0.15, -0.1) is 0 Å². The van der Waals surface area contributed by atoms with E-state index in [9.17, 15) is 9.59 Å². The maximum absolute atomic E-state index is 12.2. The summed E-state index contributed by atoms with van der Waals surface area (Å²) < 4.78 is 5.36. The van der Waals surface area contributed by atoms with Gasteiger partial charge in [0.1, 0.15) is 5.75 Å². The molecule has 19 heavy (non-hydrogen) atoms. The molecule has 0 heterocycles. The third-order valence-electron chi connectivity index (χ3n) is 2.50. The van der Waals surface area contributed by atoms with Crippen LogP contribution in [0.1, 0.15) is 10.4 Å². The van der Waals surface area contributed by atoms with E-state index in [4.69, 9.17) is 16.3 Å². The second kappa shape index (κ2) is 6.16. The van der Waals surface area contributed by atoms with Crippen LogP contribution in [0.2, 0.25) is 0 Å². The third-order valence-corrected chi connectivity index (χ3v) is 2.70. The predicted octanol–water partition coefficient (Wildman–Crippen LogP) is 3.08. The van der Waals surface area contributed by atoms with Crippen molar-refractivity contribution in [3.63, 3.8) is 0 Å². The van der Waals surface area contributed by atoms with Crippen LogP contribution in [-0.4, -0.2) is 17.1 Å². The SMILES string of the molecule is O=C(Cl)C(Oc1ccccc1)C(=O)c1ccccc1. The van der Waals surface area contributed by atoms with E-state index < -0.39 is 17.1 Å². The summed E-state index contributed by atoms with van der Waals surface area (Å²) in [7, 11) is 0.